The van der Waals surface area contributed by atoms with Gasteiger partial charge in [-0.2, -0.15) is 0 Å². The molecular weight excluding hydrogens is 443 g/mol. The van der Waals surface area contributed by atoms with E-state index in [2.05, 4.69) is 15.3 Å². The van der Waals surface area contributed by atoms with Crippen molar-refractivity contribution in [2.45, 2.75) is 44.7 Å². The van der Waals surface area contributed by atoms with Crippen molar-refractivity contribution in [3.05, 3.63) is 94.4 Å². The van der Waals surface area contributed by atoms with Crippen LogP contribution in [0.15, 0.2) is 71.8 Å². The first kappa shape index (κ1) is 21.6. The Bertz CT molecular complexity index is 1470. The van der Waals surface area contributed by atoms with Gasteiger partial charge in [-0.05, 0) is 73.1 Å². The van der Waals surface area contributed by atoms with Gasteiger partial charge < -0.3 is 5.32 Å². The molecule has 2 saturated carbocycles. The van der Waals surface area contributed by atoms with Gasteiger partial charge in [0.15, 0.2) is 0 Å². The molecule has 7 heteroatoms. The Balaban J connectivity index is 1.40. The summed E-state index contributed by atoms with van der Waals surface area (Å²) in [5, 5.41) is 3.74. The molecule has 4 aromatic rings. The first-order chi connectivity index (χ1) is 17.0. The molecular formula is C28H25FN4O2. The molecule has 0 unspecified atom stereocenters. The summed E-state index contributed by atoms with van der Waals surface area (Å²) in [4.78, 5) is 35.6. The highest BCUT2D eigenvalue weighted by Crippen LogP contribution is 2.55. The summed E-state index contributed by atoms with van der Waals surface area (Å²) < 4.78 is 14.9. The van der Waals surface area contributed by atoms with Crippen LogP contribution in [0.1, 0.15) is 48.2 Å². The lowest BCUT2D eigenvalue weighted by Crippen LogP contribution is -2.54. The summed E-state index contributed by atoms with van der Waals surface area (Å²) in [5.74, 6) is -0.664. The molecule has 2 aliphatic rings. The van der Waals surface area contributed by atoms with Gasteiger partial charge in [0.05, 0.1) is 12.2 Å². The van der Waals surface area contributed by atoms with E-state index in [9.17, 15) is 14.0 Å². The van der Waals surface area contributed by atoms with Crippen LogP contribution in [0.2, 0.25) is 0 Å². The number of halogens is 1. The third kappa shape index (κ3) is 4.01. The second kappa shape index (κ2) is 8.41. The molecule has 0 aliphatic heterocycles. The second-order valence-corrected chi connectivity index (χ2v) is 9.85. The van der Waals surface area contributed by atoms with Gasteiger partial charge in [-0.3, -0.25) is 19.1 Å². The monoisotopic (exact) mass is 468 g/mol. The van der Waals surface area contributed by atoms with Crippen LogP contribution in [-0.2, 0) is 6.54 Å². The fourth-order valence-electron chi connectivity index (χ4n) is 5.46. The molecule has 176 valence electrons. The molecule has 0 radical (unpaired) electrons. The van der Waals surface area contributed by atoms with E-state index in [4.69, 9.17) is 0 Å². The molecule has 2 fully saturated rings. The number of hydrogen-bond donors (Lipinski definition) is 1. The van der Waals surface area contributed by atoms with Crippen LogP contribution < -0.4 is 10.9 Å². The SMILES string of the molecule is O=C(NC1CC2(CCC2)C1)c1cc2cc(-c3ccc(F)cc3)cnc2n(Cc2ccccn2)c1=O. The van der Waals surface area contributed by atoms with Crippen LogP contribution in [0.25, 0.3) is 22.2 Å². The normalized spacial score (nSPS) is 16.6. The number of carbonyl (C=O) groups is 1. The lowest BCUT2D eigenvalue weighted by molar-refractivity contribution is -0.000650. The Morgan fingerprint density at radius 2 is 1.86 bits per heavy atom. The lowest BCUT2D eigenvalue weighted by atomic mass is 9.54. The topological polar surface area (TPSA) is 76.9 Å². The zero-order valence-corrected chi connectivity index (χ0v) is 19.2. The Morgan fingerprint density at radius 3 is 2.54 bits per heavy atom. The number of nitrogens with zero attached hydrogens (tertiary/aromatic N) is 3. The van der Waals surface area contributed by atoms with E-state index >= 15 is 0 Å². The van der Waals surface area contributed by atoms with Gasteiger partial charge >= 0.3 is 0 Å². The summed E-state index contributed by atoms with van der Waals surface area (Å²) >= 11 is 0. The highest BCUT2D eigenvalue weighted by molar-refractivity contribution is 5.97. The van der Waals surface area contributed by atoms with E-state index in [-0.39, 0.29) is 35.4 Å². The average Bonchev–Trinajstić information content (AvgIpc) is 2.82. The maximum Gasteiger partial charge on any atom is 0.265 e. The maximum absolute atomic E-state index is 13.5. The van der Waals surface area contributed by atoms with E-state index < -0.39 is 0 Å². The van der Waals surface area contributed by atoms with Crippen molar-refractivity contribution >= 4 is 16.9 Å². The molecule has 6 rings (SSSR count). The van der Waals surface area contributed by atoms with Crippen LogP contribution >= 0.6 is 0 Å². The molecule has 1 aromatic carbocycles. The number of aromatic nitrogens is 3. The fourth-order valence-corrected chi connectivity index (χ4v) is 5.46. The molecule has 1 spiro atoms. The van der Waals surface area contributed by atoms with Crippen molar-refractivity contribution < 1.29 is 9.18 Å². The number of amides is 1. The van der Waals surface area contributed by atoms with Crippen LogP contribution in [0.3, 0.4) is 0 Å². The molecule has 1 N–H and O–H groups in total. The summed E-state index contributed by atoms with van der Waals surface area (Å²) in [5.41, 5.74) is 2.88. The molecule has 0 atom stereocenters. The Kier molecular flexibility index (Phi) is 5.20. The van der Waals surface area contributed by atoms with Crippen molar-refractivity contribution in [1.82, 2.24) is 19.9 Å². The molecule has 0 saturated heterocycles. The van der Waals surface area contributed by atoms with Crippen LogP contribution in [0.5, 0.6) is 0 Å². The highest BCUT2D eigenvalue weighted by atomic mass is 19.1. The minimum absolute atomic E-state index is 0.0982. The maximum atomic E-state index is 13.5. The number of carbonyl (C=O) groups excluding carboxylic acids is 1. The molecule has 35 heavy (non-hydrogen) atoms. The van der Waals surface area contributed by atoms with Gasteiger partial charge in [0.2, 0.25) is 0 Å². The van der Waals surface area contributed by atoms with Crippen molar-refractivity contribution in [2.75, 3.05) is 0 Å². The van der Waals surface area contributed by atoms with Crippen LogP contribution in [0, 0.1) is 11.2 Å². The summed E-state index contributed by atoms with van der Waals surface area (Å²) in [6, 6.07) is 15.3. The van der Waals surface area contributed by atoms with E-state index in [0.717, 1.165) is 24.0 Å². The van der Waals surface area contributed by atoms with E-state index in [0.29, 0.717) is 22.1 Å². The third-order valence-corrected chi connectivity index (χ3v) is 7.50. The molecule has 3 aromatic heterocycles. The van der Waals surface area contributed by atoms with Gasteiger partial charge in [-0.1, -0.05) is 24.6 Å². The number of pyridine rings is 3. The molecule has 2 aliphatic carbocycles. The highest BCUT2D eigenvalue weighted by Gasteiger charge is 2.48. The zero-order valence-electron chi connectivity index (χ0n) is 19.2. The zero-order chi connectivity index (χ0) is 24.0. The van der Waals surface area contributed by atoms with Gasteiger partial charge in [0.1, 0.15) is 17.0 Å². The van der Waals surface area contributed by atoms with Crippen molar-refractivity contribution in [3.8, 4) is 11.1 Å². The van der Waals surface area contributed by atoms with Gasteiger partial charge in [-0.25, -0.2) is 9.37 Å². The molecule has 1 amide bonds. The molecule has 6 nitrogen and oxygen atoms in total. The third-order valence-electron chi connectivity index (χ3n) is 7.50. The minimum atomic E-state index is -0.389. The first-order valence-corrected chi connectivity index (χ1v) is 12.0. The number of rotatable bonds is 5. The summed E-state index contributed by atoms with van der Waals surface area (Å²) in [6.45, 7) is 0.201. The minimum Gasteiger partial charge on any atom is -0.349 e. The van der Waals surface area contributed by atoms with Crippen molar-refractivity contribution in [2.24, 2.45) is 5.41 Å². The average molecular weight is 469 g/mol. The van der Waals surface area contributed by atoms with Crippen molar-refractivity contribution in [3.63, 3.8) is 0 Å². The molecule has 0 bridgehead atoms. The predicted molar refractivity (Wildman–Crippen MR) is 132 cm³/mol. The standard InChI is InChI=1S/C28H25FN4O2/c29-21-7-5-18(6-8-21)20-12-19-13-24(26(34)32-23-14-28(15-23)9-3-10-28)27(35)33(25(19)31-16-20)17-22-4-1-2-11-30-22/h1-2,4-8,11-13,16,23H,3,9-10,14-15,17H2,(H,32,34). The second-order valence-electron chi connectivity index (χ2n) is 9.85. The van der Waals surface area contributed by atoms with Crippen LogP contribution in [0.4, 0.5) is 4.39 Å². The number of benzene rings is 1. The smallest absolute Gasteiger partial charge is 0.265 e. The quantitative estimate of drug-likeness (QED) is 0.460. The largest absolute Gasteiger partial charge is 0.349 e. The summed E-state index contributed by atoms with van der Waals surface area (Å²) in [6.07, 6.45) is 9.07. The van der Waals surface area contributed by atoms with Crippen LogP contribution in [-0.4, -0.2) is 26.5 Å². The van der Waals surface area contributed by atoms with E-state index in [1.54, 1.807) is 30.6 Å². The van der Waals surface area contributed by atoms with Gasteiger partial charge in [-0.15, -0.1) is 0 Å². The fraction of sp³-hybridized carbons (Fsp3) is 0.286. The first-order valence-electron chi connectivity index (χ1n) is 12.0. The van der Waals surface area contributed by atoms with Gasteiger partial charge in [0, 0.05) is 29.4 Å². The summed E-state index contributed by atoms with van der Waals surface area (Å²) in [7, 11) is 0. The lowest BCUT2D eigenvalue weighted by Gasteiger charge is -2.54. The molecule has 3 heterocycles. The number of fused-ring (bicyclic) bond motifs is 1. The Hall–Kier alpha value is -3.87. The van der Waals surface area contributed by atoms with E-state index in [1.165, 1.54) is 36.0 Å². The Labute approximate surface area is 201 Å². The van der Waals surface area contributed by atoms with E-state index in [1.807, 2.05) is 24.3 Å². The number of hydrogen-bond acceptors (Lipinski definition) is 4. The van der Waals surface area contributed by atoms with Gasteiger partial charge in [0.25, 0.3) is 11.5 Å². The number of nitrogens with one attached hydrogen (secondary N) is 1. The Morgan fingerprint density at radius 1 is 1.06 bits per heavy atom. The van der Waals surface area contributed by atoms with Crippen molar-refractivity contribution in [1.29, 1.82) is 0 Å². The predicted octanol–water partition coefficient (Wildman–Crippen LogP) is 4.71.